The van der Waals surface area contributed by atoms with Gasteiger partial charge in [-0.05, 0) is 51.5 Å². The summed E-state index contributed by atoms with van der Waals surface area (Å²) < 4.78 is 0. The highest BCUT2D eigenvalue weighted by atomic mass is 16.2. The van der Waals surface area contributed by atoms with Gasteiger partial charge in [0.15, 0.2) is 0 Å². The summed E-state index contributed by atoms with van der Waals surface area (Å²) in [4.78, 5) is 14.5. The van der Waals surface area contributed by atoms with Crippen LogP contribution >= 0.6 is 0 Å². The summed E-state index contributed by atoms with van der Waals surface area (Å²) >= 11 is 0. The molecule has 5 heteroatoms. The molecule has 0 radical (unpaired) electrons. The van der Waals surface area contributed by atoms with E-state index in [9.17, 15) is 4.79 Å². The van der Waals surface area contributed by atoms with Crippen molar-refractivity contribution < 1.29 is 4.79 Å². The third kappa shape index (κ3) is 2.92. The molecule has 116 valence electrons. The molecule has 5 nitrogen and oxygen atoms in total. The van der Waals surface area contributed by atoms with Gasteiger partial charge < -0.3 is 10.2 Å². The number of likely N-dealkylation sites (tertiary alicyclic amines) is 1. The number of aryl methyl sites for hydroxylation is 1. The molecule has 1 saturated carbocycles. The fraction of sp³-hybridized carbons (Fsp3) is 0.750. The zero-order valence-electron chi connectivity index (χ0n) is 13.3. The van der Waals surface area contributed by atoms with Gasteiger partial charge in [0.2, 0.25) is 0 Å². The Morgan fingerprint density at radius 3 is 2.90 bits per heavy atom. The molecule has 2 amide bonds. The Labute approximate surface area is 126 Å². The fourth-order valence-electron chi connectivity index (χ4n) is 3.87. The van der Waals surface area contributed by atoms with E-state index >= 15 is 0 Å². The largest absolute Gasteiger partial charge is 0.335 e. The van der Waals surface area contributed by atoms with Gasteiger partial charge in [-0.1, -0.05) is 6.42 Å². The molecule has 0 aromatic carbocycles. The molecule has 2 N–H and O–H groups in total. The molecule has 3 rings (SSSR count). The maximum Gasteiger partial charge on any atom is 0.317 e. The maximum atomic E-state index is 12.5. The van der Waals surface area contributed by atoms with Crippen molar-refractivity contribution in [2.24, 2.45) is 5.41 Å². The van der Waals surface area contributed by atoms with Crippen LogP contribution < -0.4 is 5.32 Å². The van der Waals surface area contributed by atoms with Crippen molar-refractivity contribution in [1.29, 1.82) is 0 Å². The molecule has 1 aliphatic heterocycles. The monoisotopic (exact) mass is 290 g/mol. The van der Waals surface area contributed by atoms with E-state index in [1.165, 1.54) is 25.7 Å². The number of hydrogen-bond acceptors (Lipinski definition) is 2. The minimum Gasteiger partial charge on any atom is -0.335 e. The number of aromatic nitrogens is 2. The van der Waals surface area contributed by atoms with Gasteiger partial charge in [-0.2, -0.15) is 5.10 Å². The summed E-state index contributed by atoms with van der Waals surface area (Å²) in [5, 5.41) is 10.3. The highest BCUT2D eigenvalue weighted by molar-refractivity contribution is 5.75. The molecule has 2 fully saturated rings. The molecule has 1 aromatic rings. The molecule has 1 saturated heterocycles. The molecule has 1 spiro atoms. The van der Waals surface area contributed by atoms with E-state index in [0.29, 0.717) is 11.5 Å². The standard InChI is InChI=1S/C16H26N4O/c1-11(7-14-8-12(2)18-19-14)17-15(21)20-10-16(5-4-6-16)9-13(20)3/h8,11,13H,4-7,9-10H2,1-3H3,(H,17,21)(H,18,19)/t11?,13-/m0/s1. The van der Waals surface area contributed by atoms with E-state index in [1.807, 2.05) is 24.8 Å². The van der Waals surface area contributed by atoms with E-state index in [1.54, 1.807) is 0 Å². The molecule has 21 heavy (non-hydrogen) atoms. The summed E-state index contributed by atoms with van der Waals surface area (Å²) in [6, 6.07) is 2.59. The lowest BCUT2D eigenvalue weighted by molar-refractivity contribution is 0.140. The first-order chi connectivity index (χ1) is 9.97. The number of nitrogens with zero attached hydrogens (tertiary/aromatic N) is 2. The van der Waals surface area contributed by atoms with Crippen LogP contribution in [0.2, 0.25) is 0 Å². The van der Waals surface area contributed by atoms with Crippen molar-refractivity contribution in [3.05, 3.63) is 17.5 Å². The number of carbonyl (C=O) groups is 1. The Morgan fingerprint density at radius 2 is 2.38 bits per heavy atom. The lowest BCUT2D eigenvalue weighted by atomic mass is 9.68. The predicted octanol–water partition coefficient (Wildman–Crippen LogP) is 2.62. The van der Waals surface area contributed by atoms with Crippen molar-refractivity contribution >= 4 is 6.03 Å². The lowest BCUT2D eigenvalue weighted by Gasteiger charge is -2.38. The zero-order chi connectivity index (χ0) is 15.0. The smallest absolute Gasteiger partial charge is 0.317 e. The summed E-state index contributed by atoms with van der Waals surface area (Å²) in [5.74, 6) is 0. The first kappa shape index (κ1) is 14.4. The quantitative estimate of drug-likeness (QED) is 0.899. The third-order valence-electron chi connectivity index (χ3n) is 5.09. The highest BCUT2D eigenvalue weighted by Crippen LogP contribution is 2.50. The molecule has 2 aliphatic rings. The van der Waals surface area contributed by atoms with Gasteiger partial charge in [-0.15, -0.1) is 0 Å². The van der Waals surface area contributed by atoms with Gasteiger partial charge in [0.1, 0.15) is 0 Å². The zero-order valence-corrected chi connectivity index (χ0v) is 13.3. The van der Waals surface area contributed by atoms with Crippen LogP contribution in [0.4, 0.5) is 4.79 Å². The van der Waals surface area contributed by atoms with Gasteiger partial charge in [-0.3, -0.25) is 5.10 Å². The van der Waals surface area contributed by atoms with Gasteiger partial charge in [0.25, 0.3) is 0 Å². The van der Waals surface area contributed by atoms with Crippen molar-refractivity contribution in [3.8, 4) is 0 Å². The minimum atomic E-state index is 0.0889. The van der Waals surface area contributed by atoms with E-state index < -0.39 is 0 Å². The minimum absolute atomic E-state index is 0.0889. The van der Waals surface area contributed by atoms with Gasteiger partial charge in [-0.25, -0.2) is 4.79 Å². The Bertz CT molecular complexity index is 520. The van der Waals surface area contributed by atoms with Crippen molar-refractivity contribution in [3.63, 3.8) is 0 Å². The Balaban J connectivity index is 1.53. The Kier molecular flexibility index (Phi) is 3.68. The number of H-pyrrole nitrogens is 1. The summed E-state index contributed by atoms with van der Waals surface area (Å²) in [5.41, 5.74) is 2.51. The van der Waals surface area contributed by atoms with Crippen LogP contribution in [-0.2, 0) is 6.42 Å². The summed E-state index contributed by atoms with van der Waals surface area (Å²) in [7, 11) is 0. The molecular formula is C16H26N4O. The second-order valence-electron chi connectivity index (χ2n) is 7.13. The highest BCUT2D eigenvalue weighted by Gasteiger charge is 2.47. The van der Waals surface area contributed by atoms with Gasteiger partial charge in [0.05, 0.1) is 5.69 Å². The first-order valence-corrected chi connectivity index (χ1v) is 8.05. The van der Waals surface area contributed by atoms with Crippen LogP contribution in [0.25, 0.3) is 0 Å². The average Bonchev–Trinajstić information content (AvgIpc) is 2.92. The summed E-state index contributed by atoms with van der Waals surface area (Å²) in [6.07, 6.45) is 5.86. The SMILES string of the molecule is Cc1cc(CC(C)NC(=O)N2CC3(CCC3)C[C@@H]2C)n[nH]1. The number of urea groups is 1. The van der Waals surface area contributed by atoms with Crippen LogP contribution in [0, 0.1) is 12.3 Å². The molecule has 0 bridgehead atoms. The molecule has 1 aliphatic carbocycles. The number of hydrogen-bond donors (Lipinski definition) is 2. The van der Waals surface area contributed by atoms with Crippen LogP contribution in [-0.4, -0.2) is 39.8 Å². The lowest BCUT2D eigenvalue weighted by Crippen LogP contribution is -2.47. The van der Waals surface area contributed by atoms with E-state index in [4.69, 9.17) is 0 Å². The number of carbonyl (C=O) groups excluding carboxylic acids is 1. The molecule has 2 atom stereocenters. The van der Waals surface area contributed by atoms with Crippen molar-refractivity contribution in [1.82, 2.24) is 20.4 Å². The maximum absolute atomic E-state index is 12.5. The van der Waals surface area contributed by atoms with Crippen LogP contribution in [0.3, 0.4) is 0 Å². The van der Waals surface area contributed by atoms with Gasteiger partial charge in [0, 0.05) is 30.7 Å². The summed E-state index contributed by atoms with van der Waals surface area (Å²) in [6.45, 7) is 7.15. The molecular weight excluding hydrogens is 264 g/mol. The van der Waals surface area contributed by atoms with Crippen LogP contribution in [0.5, 0.6) is 0 Å². The topological polar surface area (TPSA) is 61.0 Å². The Morgan fingerprint density at radius 1 is 1.62 bits per heavy atom. The first-order valence-electron chi connectivity index (χ1n) is 8.05. The number of aromatic amines is 1. The fourth-order valence-corrected chi connectivity index (χ4v) is 3.87. The predicted molar refractivity (Wildman–Crippen MR) is 82.1 cm³/mol. The third-order valence-corrected chi connectivity index (χ3v) is 5.09. The molecule has 1 aromatic heterocycles. The molecule has 1 unspecified atom stereocenters. The number of rotatable bonds is 3. The van der Waals surface area contributed by atoms with E-state index in [2.05, 4.69) is 22.4 Å². The van der Waals surface area contributed by atoms with Crippen LogP contribution in [0.15, 0.2) is 6.07 Å². The van der Waals surface area contributed by atoms with Gasteiger partial charge >= 0.3 is 6.03 Å². The normalized spacial score (nSPS) is 24.9. The van der Waals surface area contributed by atoms with Crippen LogP contribution in [0.1, 0.15) is 50.9 Å². The van der Waals surface area contributed by atoms with E-state index in [0.717, 1.165) is 24.4 Å². The van der Waals surface area contributed by atoms with Crippen molar-refractivity contribution in [2.75, 3.05) is 6.54 Å². The molecule has 2 heterocycles. The van der Waals surface area contributed by atoms with E-state index in [-0.39, 0.29) is 12.1 Å². The number of nitrogens with one attached hydrogen (secondary N) is 2. The second-order valence-corrected chi connectivity index (χ2v) is 7.13. The average molecular weight is 290 g/mol. The Hall–Kier alpha value is -1.52. The second kappa shape index (κ2) is 5.35. The number of amides is 2. The van der Waals surface area contributed by atoms with Crippen molar-refractivity contribution in [2.45, 2.75) is 65.0 Å².